The topological polar surface area (TPSA) is 0 Å². The normalized spacial score (nSPS) is 11.8. The molecule has 0 aliphatic rings. The molecule has 0 heterocycles. The Hall–Kier alpha value is -0.836. The van der Waals surface area contributed by atoms with Gasteiger partial charge in [0, 0.05) is 16.1 Å². The molecule has 0 N–H and O–H groups in total. The first-order chi connectivity index (χ1) is 8.93. The van der Waals surface area contributed by atoms with Gasteiger partial charge in [-0.15, -0.1) is 11.6 Å². The van der Waals surface area contributed by atoms with Crippen molar-refractivity contribution in [2.24, 2.45) is 0 Å². The van der Waals surface area contributed by atoms with E-state index in [1.165, 1.54) is 27.1 Å². The smallest absolute Gasteiger partial charge is 0.0775 e. The molecule has 0 spiro atoms. The second-order valence-corrected chi connectivity index (χ2v) is 12.5. The van der Waals surface area contributed by atoms with E-state index in [0.29, 0.717) is 5.88 Å². The fourth-order valence-electron chi connectivity index (χ4n) is 2.39. The third-order valence-electron chi connectivity index (χ3n) is 3.54. The largest absolute Gasteiger partial charge is 0.122 e. The van der Waals surface area contributed by atoms with Crippen LogP contribution < -0.4 is 10.4 Å². The number of benzene rings is 2. The van der Waals surface area contributed by atoms with E-state index >= 15 is 0 Å². The van der Waals surface area contributed by atoms with Crippen LogP contribution in [-0.2, 0) is 5.88 Å². The second-order valence-electron chi connectivity index (χ2n) is 6.07. The fourth-order valence-corrected chi connectivity index (χ4v) is 4.58. The summed E-state index contributed by atoms with van der Waals surface area (Å²) in [6.45, 7) is 7.15. The minimum Gasteiger partial charge on any atom is -0.122 e. The van der Waals surface area contributed by atoms with Crippen molar-refractivity contribution in [3.63, 3.8) is 0 Å². The zero-order chi connectivity index (χ0) is 14.0. The van der Waals surface area contributed by atoms with Crippen molar-refractivity contribution in [2.75, 3.05) is 0 Å². The maximum absolute atomic E-state index is 6.08. The molecule has 0 amide bonds. The molecule has 0 saturated carbocycles. The Morgan fingerprint density at radius 1 is 1.00 bits per heavy atom. The summed E-state index contributed by atoms with van der Waals surface area (Å²) in [5.74, 6) is 0.585. The lowest BCUT2D eigenvalue weighted by Gasteiger charge is -2.18. The quantitative estimate of drug-likeness (QED) is 0.604. The lowest BCUT2D eigenvalue weighted by Crippen LogP contribution is -2.37. The Bertz CT molecular complexity index is 568. The van der Waals surface area contributed by atoms with Gasteiger partial charge in [-0.2, -0.15) is 0 Å². The molecular weight excluding hydrogens is 284 g/mol. The maximum Gasteiger partial charge on any atom is 0.0775 e. The minimum atomic E-state index is -1.21. The van der Waals surface area contributed by atoms with Crippen LogP contribution in [-0.4, -0.2) is 18.3 Å². The summed E-state index contributed by atoms with van der Waals surface area (Å²) in [4.78, 5) is 0. The molecule has 0 unspecified atom stereocenters. The standard InChI is InChI=1S/C16H21ClSi2/c1-19(2,3)14-9-7-12(8-10-14)16-13(11-17)5-4-6-15(16)18/h4-10H,11H2,1-3,18H3. The summed E-state index contributed by atoms with van der Waals surface area (Å²) in [7, 11) is -0.157. The Kier molecular flexibility index (Phi) is 4.34. The molecule has 19 heavy (non-hydrogen) atoms. The third kappa shape index (κ3) is 3.19. The Labute approximate surface area is 125 Å². The molecule has 0 bridgehead atoms. The first-order valence-corrected chi connectivity index (χ1v) is 11.7. The van der Waals surface area contributed by atoms with Crippen LogP contribution in [0.4, 0.5) is 0 Å². The van der Waals surface area contributed by atoms with Gasteiger partial charge in [0.05, 0.1) is 8.07 Å². The molecule has 0 nitrogen and oxygen atoms in total. The lowest BCUT2D eigenvalue weighted by molar-refractivity contribution is 1.41. The number of hydrogen-bond acceptors (Lipinski definition) is 0. The Morgan fingerprint density at radius 3 is 2.16 bits per heavy atom. The van der Waals surface area contributed by atoms with Gasteiger partial charge in [0.2, 0.25) is 0 Å². The van der Waals surface area contributed by atoms with E-state index in [2.05, 4.69) is 62.1 Å². The SMILES string of the molecule is C[Si](C)(C)c1ccc(-c2c([SiH3])cccc2CCl)cc1. The summed E-state index contributed by atoms with van der Waals surface area (Å²) in [6, 6.07) is 15.6. The molecule has 0 aromatic heterocycles. The van der Waals surface area contributed by atoms with Crippen molar-refractivity contribution in [1.82, 2.24) is 0 Å². The van der Waals surface area contributed by atoms with Gasteiger partial charge in [0.25, 0.3) is 0 Å². The van der Waals surface area contributed by atoms with Crippen LogP contribution in [0.15, 0.2) is 42.5 Å². The third-order valence-corrected chi connectivity index (χ3v) is 6.73. The minimum absolute atomic E-state index is 0.585. The van der Waals surface area contributed by atoms with Crippen LogP contribution >= 0.6 is 11.6 Å². The van der Waals surface area contributed by atoms with Crippen LogP contribution in [0, 0.1) is 0 Å². The molecule has 100 valence electrons. The van der Waals surface area contributed by atoms with Crippen molar-refractivity contribution in [3.05, 3.63) is 48.0 Å². The average molecular weight is 305 g/mol. The van der Waals surface area contributed by atoms with Crippen molar-refractivity contribution < 1.29 is 0 Å². The van der Waals surface area contributed by atoms with Crippen molar-refractivity contribution >= 4 is 40.3 Å². The summed E-state index contributed by atoms with van der Waals surface area (Å²) in [5, 5.41) is 2.94. The molecule has 0 radical (unpaired) electrons. The van der Waals surface area contributed by atoms with E-state index in [0.717, 1.165) is 10.2 Å². The van der Waals surface area contributed by atoms with Gasteiger partial charge in [0.15, 0.2) is 0 Å². The van der Waals surface area contributed by atoms with Gasteiger partial charge in [-0.3, -0.25) is 0 Å². The summed E-state index contributed by atoms with van der Waals surface area (Å²) < 4.78 is 0. The number of halogens is 1. The Morgan fingerprint density at radius 2 is 1.63 bits per heavy atom. The molecule has 0 fully saturated rings. The second kappa shape index (κ2) is 5.65. The lowest BCUT2D eigenvalue weighted by atomic mass is 10.0. The van der Waals surface area contributed by atoms with Crippen molar-refractivity contribution in [1.29, 1.82) is 0 Å². The monoisotopic (exact) mass is 304 g/mol. The number of hydrogen-bond donors (Lipinski definition) is 0. The predicted octanol–water partition coefficient (Wildman–Crippen LogP) is 2.63. The molecule has 0 atom stereocenters. The van der Waals surface area contributed by atoms with Crippen molar-refractivity contribution in [2.45, 2.75) is 25.5 Å². The highest BCUT2D eigenvalue weighted by Gasteiger charge is 2.16. The highest BCUT2D eigenvalue weighted by molar-refractivity contribution is 6.88. The van der Waals surface area contributed by atoms with Gasteiger partial charge < -0.3 is 0 Å². The first-order valence-electron chi connectivity index (χ1n) is 6.69. The van der Waals surface area contributed by atoms with E-state index in [-0.39, 0.29) is 0 Å². The highest BCUT2D eigenvalue weighted by atomic mass is 35.5. The van der Waals surface area contributed by atoms with Crippen LogP contribution in [0.2, 0.25) is 19.6 Å². The molecule has 2 aromatic carbocycles. The van der Waals surface area contributed by atoms with Crippen LogP contribution in [0.5, 0.6) is 0 Å². The number of rotatable bonds is 3. The van der Waals surface area contributed by atoms with Gasteiger partial charge in [-0.05, 0) is 16.7 Å². The maximum atomic E-state index is 6.08. The number of alkyl halides is 1. The zero-order valence-corrected chi connectivity index (χ0v) is 15.9. The fraction of sp³-hybridized carbons (Fsp3) is 0.250. The van der Waals surface area contributed by atoms with E-state index in [1.54, 1.807) is 0 Å². The molecule has 0 saturated heterocycles. The first kappa shape index (κ1) is 14.6. The highest BCUT2D eigenvalue weighted by Crippen LogP contribution is 2.22. The van der Waals surface area contributed by atoms with Gasteiger partial charge >= 0.3 is 0 Å². The molecule has 3 heteroatoms. The molecule has 2 aromatic rings. The van der Waals surface area contributed by atoms with Crippen LogP contribution in [0.3, 0.4) is 0 Å². The molecule has 0 aliphatic carbocycles. The summed E-state index contributed by atoms with van der Waals surface area (Å²) in [6.07, 6.45) is 0. The molecule has 0 aliphatic heterocycles. The summed E-state index contributed by atoms with van der Waals surface area (Å²) in [5.41, 5.74) is 3.91. The van der Waals surface area contributed by atoms with Crippen LogP contribution in [0.1, 0.15) is 5.56 Å². The molecule has 2 rings (SSSR count). The zero-order valence-electron chi connectivity index (χ0n) is 12.1. The van der Waals surface area contributed by atoms with Gasteiger partial charge in [-0.1, -0.05) is 72.5 Å². The average Bonchev–Trinajstić information content (AvgIpc) is 2.37. The van der Waals surface area contributed by atoms with E-state index in [1.807, 2.05) is 0 Å². The predicted molar refractivity (Wildman–Crippen MR) is 94.0 cm³/mol. The van der Waals surface area contributed by atoms with Gasteiger partial charge in [0.1, 0.15) is 0 Å². The van der Waals surface area contributed by atoms with E-state index < -0.39 is 8.07 Å². The van der Waals surface area contributed by atoms with E-state index in [4.69, 9.17) is 11.6 Å². The van der Waals surface area contributed by atoms with Crippen molar-refractivity contribution in [3.8, 4) is 11.1 Å². The summed E-state index contributed by atoms with van der Waals surface area (Å²) >= 11 is 6.08. The Balaban J connectivity index is 2.49. The van der Waals surface area contributed by atoms with Gasteiger partial charge in [-0.25, -0.2) is 0 Å². The van der Waals surface area contributed by atoms with Crippen LogP contribution in [0.25, 0.3) is 11.1 Å². The van der Waals surface area contributed by atoms with E-state index in [9.17, 15) is 0 Å². The molecular formula is C16H21ClSi2.